The monoisotopic (exact) mass is 681 g/mol. The summed E-state index contributed by atoms with van der Waals surface area (Å²) in [5.74, 6) is -0.344. The summed E-state index contributed by atoms with van der Waals surface area (Å²) < 4.78 is 105. The predicted molar refractivity (Wildman–Crippen MR) is 161 cm³/mol. The number of carbonyl (C=O) groups excluding carboxylic acids is 1. The highest BCUT2D eigenvalue weighted by Gasteiger charge is 2.36. The molecule has 3 aromatic rings. The number of alkyl halides is 5. The molecule has 3 aromatic carbocycles. The van der Waals surface area contributed by atoms with Gasteiger partial charge in [-0.3, -0.25) is 4.79 Å². The molecule has 1 heterocycles. The molecule has 1 aliphatic heterocycles. The predicted octanol–water partition coefficient (Wildman–Crippen LogP) is 6.16. The van der Waals surface area contributed by atoms with E-state index < -0.39 is 52.3 Å². The normalized spacial score (nSPS) is 17.3. The van der Waals surface area contributed by atoms with Gasteiger partial charge in [0.05, 0.1) is 66.6 Å². The van der Waals surface area contributed by atoms with E-state index in [9.17, 15) is 40.4 Å². The first kappa shape index (κ1) is 35.4. The van der Waals surface area contributed by atoms with E-state index >= 15 is 0 Å². The van der Waals surface area contributed by atoms with Gasteiger partial charge in [-0.2, -0.15) is 27.2 Å². The average molecular weight is 682 g/mol. The second-order valence-electron chi connectivity index (χ2n) is 10.6. The Labute approximate surface area is 268 Å². The van der Waals surface area contributed by atoms with Crippen LogP contribution in [0.4, 0.5) is 27.6 Å². The van der Waals surface area contributed by atoms with Gasteiger partial charge in [0.2, 0.25) is 0 Å². The summed E-state index contributed by atoms with van der Waals surface area (Å²) in [6.45, 7) is -1.71. The van der Waals surface area contributed by atoms with Crippen LogP contribution in [0.2, 0.25) is 0 Å². The number of halogens is 5. The van der Waals surface area contributed by atoms with E-state index in [2.05, 4.69) is 10.1 Å². The summed E-state index contributed by atoms with van der Waals surface area (Å²) in [6, 6.07) is 15.3. The highest BCUT2D eigenvalue weighted by Crippen LogP contribution is 2.35. The van der Waals surface area contributed by atoms with Crippen molar-refractivity contribution in [1.29, 1.82) is 5.26 Å². The van der Waals surface area contributed by atoms with Gasteiger partial charge in [0.1, 0.15) is 17.6 Å². The number of sulfone groups is 1. The fourth-order valence-electron chi connectivity index (χ4n) is 5.23. The molecule has 1 N–H and O–H groups in total. The lowest BCUT2D eigenvalue weighted by Crippen LogP contribution is -2.34. The SMILES string of the molecule is CCS(=O)(=O)c1ccc([C@@H](CC#N)NC(=O)c2ccc(N3C[C@@H](Oc4ccc(C(F)(F)F)cc4)C[C@H]3COC(F)F)cc2OC)cc1. The molecule has 1 amide bonds. The number of hydrogen-bond acceptors (Lipinski definition) is 8. The summed E-state index contributed by atoms with van der Waals surface area (Å²) in [4.78, 5) is 15.2. The molecule has 0 unspecified atom stereocenters. The van der Waals surface area contributed by atoms with Crippen LogP contribution in [0, 0.1) is 11.3 Å². The van der Waals surface area contributed by atoms with Crippen molar-refractivity contribution in [3.63, 3.8) is 0 Å². The fraction of sp³-hybridized carbons (Fsp3) is 0.375. The summed E-state index contributed by atoms with van der Waals surface area (Å²) >= 11 is 0. The van der Waals surface area contributed by atoms with Crippen molar-refractivity contribution in [1.82, 2.24) is 5.32 Å². The molecule has 9 nitrogen and oxygen atoms in total. The Morgan fingerprint density at radius 2 is 1.77 bits per heavy atom. The largest absolute Gasteiger partial charge is 0.496 e. The third kappa shape index (κ3) is 8.89. The summed E-state index contributed by atoms with van der Waals surface area (Å²) in [5.41, 5.74) is 0.280. The van der Waals surface area contributed by atoms with E-state index in [1.54, 1.807) is 11.0 Å². The molecule has 0 saturated carbocycles. The van der Waals surface area contributed by atoms with Gasteiger partial charge >= 0.3 is 12.8 Å². The topological polar surface area (TPSA) is 118 Å². The average Bonchev–Trinajstić information content (AvgIpc) is 3.45. The molecule has 47 heavy (non-hydrogen) atoms. The zero-order valence-electron chi connectivity index (χ0n) is 25.3. The highest BCUT2D eigenvalue weighted by molar-refractivity contribution is 7.91. The van der Waals surface area contributed by atoms with E-state index in [0.29, 0.717) is 11.3 Å². The van der Waals surface area contributed by atoms with Crippen LogP contribution in [0.1, 0.15) is 47.3 Å². The Hall–Kier alpha value is -4.42. The minimum atomic E-state index is -4.51. The Morgan fingerprint density at radius 3 is 2.34 bits per heavy atom. The maximum atomic E-state index is 13.4. The quantitative estimate of drug-likeness (QED) is 0.213. The number of methoxy groups -OCH3 is 1. The maximum Gasteiger partial charge on any atom is 0.416 e. The molecule has 4 rings (SSSR count). The van der Waals surface area contributed by atoms with Crippen LogP contribution in [-0.2, 0) is 20.8 Å². The summed E-state index contributed by atoms with van der Waals surface area (Å²) in [7, 11) is -2.10. The van der Waals surface area contributed by atoms with Crippen molar-refractivity contribution in [2.75, 3.05) is 30.9 Å². The Morgan fingerprint density at radius 1 is 1.09 bits per heavy atom. The van der Waals surface area contributed by atoms with E-state index in [-0.39, 0.29) is 53.7 Å². The Balaban J connectivity index is 1.53. The molecule has 0 radical (unpaired) electrons. The molecule has 3 atom stereocenters. The first-order chi connectivity index (χ1) is 22.2. The number of ether oxygens (including phenoxy) is 3. The number of nitrogens with one attached hydrogen (secondary N) is 1. The number of rotatable bonds is 13. The second kappa shape index (κ2) is 15.0. The summed E-state index contributed by atoms with van der Waals surface area (Å²) in [6.07, 6.45) is -4.99. The van der Waals surface area contributed by atoms with Crippen LogP contribution in [0.3, 0.4) is 0 Å². The van der Waals surface area contributed by atoms with E-state index in [1.165, 1.54) is 62.6 Å². The Bertz CT molecular complexity index is 1680. The molecular weight excluding hydrogens is 649 g/mol. The van der Waals surface area contributed by atoms with E-state index in [0.717, 1.165) is 12.1 Å². The maximum absolute atomic E-state index is 13.4. The van der Waals surface area contributed by atoms with E-state index in [4.69, 9.17) is 9.47 Å². The standard InChI is InChI=1S/C32H32F5N3O6S/c1-3-47(42,43)26-11-4-20(5-12-26)28(14-15-38)39-30(41)27-13-8-22(17-29(27)44-2)40-18-25(16-23(40)19-45-31(33)34)46-24-9-6-21(7-10-24)32(35,36)37/h4-13,17,23,25,28,31H,3,14,16,18-19H2,1-2H3,(H,39,41)/t23-,25-,28+/m0/s1. The lowest BCUT2D eigenvalue weighted by atomic mass is 10.0. The lowest BCUT2D eigenvalue weighted by Gasteiger charge is -2.27. The van der Waals surface area contributed by atoms with Crippen LogP contribution in [0.5, 0.6) is 11.5 Å². The second-order valence-corrected chi connectivity index (χ2v) is 12.9. The molecule has 1 aliphatic rings. The number of carbonyl (C=O) groups is 1. The lowest BCUT2D eigenvalue weighted by molar-refractivity contribution is -0.137. The molecule has 1 fully saturated rings. The molecule has 252 valence electrons. The van der Waals surface area contributed by atoms with Gasteiger partial charge in [0.25, 0.3) is 5.91 Å². The minimum absolute atomic E-state index is 0.0786. The molecule has 15 heteroatoms. The van der Waals surface area contributed by atoms with Gasteiger partial charge in [-0.15, -0.1) is 0 Å². The van der Waals surface area contributed by atoms with Gasteiger partial charge < -0.3 is 24.4 Å². The van der Waals surface area contributed by atoms with Crippen LogP contribution in [0.25, 0.3) is 0 Å². The van der Waals surface area contributed by atoms with Gasteiger partial charge in [-0.05, 0) is 54.1 Å². The molecule has 0 spiro atoms. The van der Waals surface area contributed by atoms with Crippen molar-refractivity contribution >= 4 is 21.4 Å². The molecule has 1 saturated heterocycles. The smallest absolute Gasteiger partial charge is 0.416 e. The van der Waals surface area contributed by atoms with Crippen molar-refractivity contribution in [3.8, 4) is 17.6 Å². The van der Waals surface area contributed by atoms with Crippen LogP contribution < -0.4 is 19.7 Å². The zero-order chi connectivity index (χ0) is 34.4. The number of hydrogen-bond donors (Lipinski definition) is 1. The molecule has 0 bridgehead atoms. The van der Waals surface area contributed by atoms with Crippen molar-refractivity contribution in [2.45, 2.75) is 55.6 Å². The first-order valence-corrected chi connectivity index (χ1v) is 16.1. The van der Waals surface area contributed by atoms with Gasteiger partial charge in [0, 0.05) is 18.2 Å². The van der Waals surface area contributed by atoms with Gasteiger partial charge in [-0.25, -0.2) is 8.42 Å². The van der Waals surface area contributed by atoms with Crippen LogP contribution in [-0.4, -0.2) is 59.1 Å². The number of nitrogens with zero attached hydrogens (tertiary/aromatic N) is 2. The Kier molecular flexibility index (Phi) is 11.3. The fourth-order valence-corrected chi connectivity index (χ4v) is 6.12. The highest BCUT2D eigenvalue weighted by atomic mass is 32.2. The van der Waals surface area contributed by atoms with Crippen molar-refractivity contribution in [3.05, 3.63) is 83.4 Å². The number of anilines is 1. The first-order valence-electron chi connectivity index (χ1n) is 14.4. The van der Waals surface area contributed by atoms with Gasteiger partial charge in [-0.1, -0.05) is 19.1 Å². The van der Waals surface area contributed by atoms with Crippen molar-refractivity contribution < 1.29 is 49.4 Å². The third-order valence-electron chi connectivity index (χ3n) is 7.66. The zero-order valence-corrected chi connectivity index (χ0v) is 26.2. The number of amides is 1. The minimum Gasteiger partial charge on any atom is -0.496 e. The molecular formula is C32H32F5N3O6S. The molecule has 0 aliphatic carbocycles. The third-order valence-corrected chi connectivity index (χ3v) is 9.41. The van der Waals surface area contributed by atoms with Crippen LogP contribution >= 0.6 is 0 Å². The summed E-state index contributed by atoms with van der Waals surface area (Å²) in [5, 5.41) is 12.2. The van der Waals surface area contributed by atoms with Crippen molar-refractivity contribution in [2.24, 2.45) is 0 Å². The molecule has 0 aromatic heterocycles. The van der Waals surface area contributed by atoms with Gasteiger partial charge in [0.15, 0.2) is 9.84 Å². The van der Waals surface area contributed by atoms with E-state index in [1.807, 2.05) is 6.07 Å². The van der Waals surface area contributed by atoms with Crippen LogP contribution in [0.15, 0.2) is 71.6 Å². The number of nitriles is 1. The number of benzene rings is 3.